The molecule has 0 spiro atoms. The topological polar surface area (TPSA) is 46.9 Å². The number of para-hydroxylation sites is 2. The van der Waals surface area contributed by atoms with Crippen LogP contribution >= 0.6 is 0 Å². The van der Waals surface area contributed by atoms with Gasteiger partial charge in [-0.25, -0.2) is 4.98 Å². The van der Waals surface area contributed by atoms with Crippen LogP contribution in [0.5, 0.6) is 0 Å². The van der Waals surface area contributed by atoms with E-state index in [0.29, 0.717) is 5.69 Å². The molecule has 1 N–H and O–H groups in total. The van der Waals surface area contributed by atoms with Crippen molar-refractivity contribution in [2.45, 2.75) is 13.8 Å². The molecule has 0 aliphatic heterocycles. The molecule has 3 rings (SSSR count). The summed E-state index contributed by atoms with van der Waals surface area (Å²) in [5.74, 6) is 0.600. The van der Waals surface area contributed by atoms with Gasteiger partial charge in [0.25, 0.3) is 5.91 Å². The molecule has 1 amide bonds. The van der Waals surface area contributed by atoms with Crippen LogP contribution in [0.15, 0.2) is 60.7 Å². The molecule has 1 aromatic heterocycles. The second-order valence-electron chi connectivity index (χ2n) is 5.08. The summed E-state index contributed by atoms with van der Waals surface area (Å²) in [5, 5.41) is 2.88. The maximum Gasteiger partial charge on any atom is 0.276 e. The lowest BCUT2D eigenvalue weighted by molar-refractivity contribution is 0.102. The number of benzene rings is 2. The predicted octanol–water partition coefficient (Wildman–Crippen LogP) is 3.74. The Morgan fingerprint density at radius 1 is 0.955 bits per heavy atom. The zero-order valence-electron chi connectivity index (χ0n) is 12.6. The van der Waals surface area contributed by atoms with Crippen LogP contribution < -0.4 is 5.32 Å². The summed E-state index contributed by atoms with van der Waals surface area (Å²) < 4.78 is 1.99. The molecule has 0 fully saturated rings. The molecule has 0 aliphatic rings. The number of aryl methyl sites for hydroxylation is 1. The fourth-order valence-electron chi connectivity index (χ4n) is 2.53. The standard InChI is InChI=1S/C18H17N3O/c1-13-17(18(22)20-15-9-5-3-6-10-15)19-14(2)21(13)16-11-7-4-8-12-16/h3-12H,1-2H3,(H,20,22). The Bertz CT molecular complexity index is 792. The highest BCUT2D eigenvalue weighted by molar-refractivity contribution is 6.03. The van der Waals surface area contributed by atoms with E-state index in [1.807, 2.05) is 79.1 Å². The summed E-state index contributed by atoms with van der Waals surface area (Å²) in [6.07, 6.45) is 0. The number of amides is 1. The fourth-order valence-corrected chi connectivity index (χ4v) is 2.53. The van der Waals surface area contributed by atoms with E-state index in [9.17, 15) is 4.79 Å². The number of aromatic nitrogens is 2. The van der Waals surface area contributed by atoms with Crippen LogP contribution in [0, 0.1) is 13.8 Å². The highest BCUT2D eigenvalue weighted by Crippen LogP contribution is 2.18. The Hall–Kier alpha value is -2.88. The van der Waals surface area contributed by atoms with E-state index in [4.69, 9.17) is 0 Å². The molecule has 22 heavy (non-hydrogen) atoms. The summed E-state index contributed by atoms with van der Waals surface area (Å²) in [6.45, 7) is 3.81. The van der Waals surface area contributed by atoms with E-state index in [0.717, 1.165) is 22.9 Å². The fraction of sp³-hybridized carbons (Fsp3) is 0.111. The van der Waals surface area contributed by atoms with Gasteiger partial charge in [-0.3, -0.25) is 4.79 Å². The Morgan fingerprint density at radius 2 is 1.55 bits per heavy atom. The summed E-state index contributed by atoms with van der Waals surface area (Å²) in [5.41, 5.74) is 3.05. The van der Waals surface area contributed by atoms with Gasteiger partial charge >= 0.3 is 0 Å². The zero-order valence-corrected chi connectivity index (χ0v) is 12.6. The smallest absolute Gasteiger partial charge is 0.276 e. The van der Waals surface area contributed by atoms with Crippen LogP contribution in [-0.2, 0) is 0 Å². The molecular formula is C18H17N3O. The molecule has 0 unspecified atom stereocenters. The van der Waals surface area contributed by atoms with E-state index in [-0.39, 0.29) is 5.91 Å². The number of carbonyl (C=O) groups is 1. The van der Waals surface area contributed by atoms with Gasteiger partial charge in [0.2, 0.25) is 0 Å². The van der Waals surface area contributed by atoms with Crippen molar-refractivity contribution in [1.82, 2.24) is 9.55 Å². The second kappa shape index (κ2) is 5.85. The quantitative estimate of drug-likeness (QED) is 0.799. The molecule has 0 radical (unpaired) electrons. The second-order valence-corrected chi connectivity index (χ2v) is 5.08. The molecule has 4 nitrogen and oxygen atoms in total. The van der Waals surface area contributed by atoms with E-state index in [1.54, 1.807) is 0 Å². The summed E-state index contributed by atoms with van der Waals surface area (Å²) >= 11 is 0. The Labute approximate surface area is 129 Å². The van der Waals surface area contributed by atoms with Gasteiger partial charge in [-0.2, -0.15) is 0 Å². The van der Waals surface area contributed by atoms with Gasteiger partial charge in [0.1, 0.15) is 11.5 Å². The van der Waals surface area contributed by atoms with Crippen molar-refractivity contribution in [2.75, 3.05) is 5.32 Å². The molecule has 0 aliphatic carbocycles. The maximum atomic E-state index is 12.4. The number of hydrogen-bond acceptors (Lipinski definition) is 2. The third kappa shape index (κ3) is 2.63. The number of imidazole rings is 1. The van der Waals surface area contributed by atoms with Crippen molar-refractivity contribution in [3.63, 3.8) is 0 Å². The third-order valence-electron chi connectivity index (χ3n) is 3.54. The molecule has 0 saturated heterocycles. The van der Waals surface area contributed by atoms with Crippen molar-refractivity contribution in [1.29, 1.82) is 0 Å². The first kappa shape index (κ1) is 14.1. The molecule has 110 valence electrons. The minimum Gasteiger partial charge on any atom is -0.321 e. The van der Waals surface area contributed by atoms with Crippen molar-refractivity contribution < 1.29 is 4.79 Å². The van der Waals surface area contributed by atoms with Gasteiger partial charge in [0, 0.05) is 11.4 Å². The van der Waals surface area contributed by atoms with Gasteiger partial charge in [-0.15, -0.1) is 0 Å². The van der Waals surface area contributed by atoms with Gasteiger partial charge in [-0.05, 0) is 38.1 Å². The monoisotopic (exact) mass is 291 g/mol. The number of carbonyl (C=O) groups excluding carboxylic acids is 1. The molecular weight excluding hydrogens is 274 g/mol. The lowest BCUT2D eigenvalue weighted by atomic mass is 10.2. The first-order valence-electron chi connectivity index (χ1n) is 7.14. The first-order chi connectivity index (χ1) is 10.7. The third-order valence-corrected chi connectivity index (χ3v) is 3.54. The number of rotatable bonds is 3. The molecule has 0 bridgehead atoms. The van der Waals surface area contributed by atoms with Crippen LogP contribution in [0.4, 0.5) is 5.69 Å². The van der Waals surface area contributed by atoms with Gasteiger partial charge < -0.3 is 9.88 Å². The van der Waals surface area contributed by atoms with Crippen molar-refractivity contribution >= 4 is 11.6 Å². The number of hydrogen-bond donors (Lipinski definition) is 1. The predicted molar refractivity (Wildman–Crippen MR) is 87.4 cm³/mol. The highest BCUT2D eigenvalue weighted by Gasteiger charge is 2.18. The molecule has 1 heterocycles. The van der Waals surface area contributed by atoms with E-state index < -0.39 is 0 Å². The van der Waals surface area contributed by atoms with E-state index >= 15 is 0 Å². The van der Waals surface area contributed by atoms with Gasteiger partial charge in [0.15, 0.2) is 0 Å². The summed E-state index contributed by atoms with van der Waals surface area (Å²) in [7, 11) is 0. The highest BCUT2D eigenvalue weighted by atomic mass is 16.1. The van der Waals surface area contributed by atoms with Crippen LogP contribution in [0.1, 0.15) is 22.0 Å². The minimum absolute atomic E-state index is 0.193. The Kier molecular flexibility index (Phi) is 3.74. The lowest BCUT2D eigenvalue weighted by Gasteiger charge is -2.08. The zero-order chi connectivity index (χ0) is 15.5. The molecule has 0 atom stereocenters. The molecule has 0 saturated carbocycles. The number of nitrogens with zero attached hydrogens (tertiary/aromatic N) is 2. The average molecular weight is 291 g/mol. The molecule has 3 aromatic rings. The van der Waals surface area contributed by atoms with Crippen LogP contribution in [0.2, 0.25) is 0 Å². The Balaban J connectivity index is 1.94. The SMILES string of the molecule is Cc1nc(C(=O)Nc2ccccc2)c(C)n1-c1ccccc1. The van der Waals surface area contributed by atoms with Crippen LogP contribution in [0.25, 0.3) is 5.69 Å². The first-order valence-corrected chi connectivity index (χ1v) is 7.14. The van der Waals surface area contributed by atoms with E-state index in [1.165, 1.54) is 0 Å². The largest absolute Gasteiger partial charge is 0.321 e. The Morgan fingerprint density at radius 3 is 2.18 bits per heavy atom. The number of nitrogens with one attached hydrogen (secondary N) is 1. The van der Waals surface area contributed by atoms with Crippen molar-refractivity contribution in [2.24, 2.45) is 0 Å². The lowest BCUT2D eigenvalue weighted by Crippen LogP contribution is -2.14. The van der Waals surface area contributed by atoms with Crippen LogP contribution in [-0.4, -0.2) is 15.5 Å². The van der Waals surface area contributed by atoms with Gasteiger partial charge in [0.05, 0.1) is 5.69 Å². The molecule has 4 heteroatoms. The van der Waals surface area contributed by atoms with Crippen molar-refractivity contribution in [3.8, 4) is 5.69 Å². The van der Waals surface area contributed by atoms with Gasteiger partial charge in [-0.1, -0.05) is 36.4 Å². The number of anilines is 1. The summed E-state index contributed by atoms with van der Waals surface area (Å²) in [4.78, 5) is 16.9. The maximum absolute atomic E-state index is 12.4. The normalized spacial score (nSPS) is 10.5. The van der Waals surface area contributed by atoms with Crippen molar-refractivity contribution in [3.05, 3.63) is 77.9 Å². The average Bonchev–Trinajstić information content (AvgIpc) is 2.84. The minimum atomic E-state index is -0.193. The molecule has 2 aromatic carbocycles. The van der Waals surface area contributed by atoms with E-state index in [2.05, 4.69) is 10.3 Å². The van der Waals surface area contributed by atoms with Crippen LogP contribution in [0.3, 0.4) is 0 Å². The summed E-state index contributed by atoms with van der Waals surface area (Å²) in [6, 6.07) is 19.3.